The topological polar surface area (TPSA) is 57.7 Å². The predicted molar refractivity (Wildman–Crippen MR) is 106 cm³/mol. The van der Waals surface area contributed by atoms with Gasteiger partial charge in [-0.15, -0.1) is 0 Å². The minimum Gasteiger partial charge on any atom is -0.339 e. The van der Waals surface area contributed by atoms with E-state index in [9.17, 15) is 13.2 Å². The molecular formula is C21H30N2O3S. The molecule has 3 aliphatic rings. The van der Waals surface area contributed by atoms with Crippen molar-refractivity contribution in [1.29, 1.82) is 0 Å². The highest BCUT2D eigenvalue weighted by Gasteiger charge is 2.62. The number of hydrogen-bond acceptors (Lipinski definition) is 4. The van der Waals surface area contributed by atoms with E-state index in [0.717, 1.165) is 38.9 Å². The first-order valence-electron chi connectivity index (χ1n) is 10.3. The first-order chi connectivity index (χ1) is 13.0. The standard InChI is InChI=1S/C21H30N2O3S/c24-20(10-6-9-18-7-2-1-3-8-18)23-16-21(17-23)19(11-14-27(21,25)26)15-22-12-4-5-13-22/h1-3,7-8,19H,4-6,9-17H2. The van der Waals surface area contributed by atoms with Crippen molar-refractivity contribution < 1.29 is 13.2 Å². The Morgan fingerprint density at radius 1 is 1.11 bits per heavy atom. The van der Waals surface area contributed by atoms with Gasteiger partial charge in [-0.1, -0.05) is 30.3 Å². The first-order valence-corrected chi connectivity index (χ1v) is 11.9. The third kappa shape index (κ3) is 3.66. The van der Waals surface area contributed by atoms with Gasteiger partial charge in [-0.3, -0.25) is 4.79 Å². The molecule has 4 rings (SSSR count). The highest BCUT2D eigenvalue weighted by Crippen LogP contribution is 2.45. The highest BCUT2D eigenvalue weighted by molar-refractivity contribution is 7.93. The average molecular weight is 391 g/mol. The molecule has 0 aliphatic carbocycles. The lowest BCUT2D eigenvalue weighted by atomic mass is 9.82. The van der Waals surface area contributed by atoms with E-state index < -0.39 is 14.6 Å². The number of nitrogens with zero attached hydrogens (tertiary/aromatic N) is 2. The van der Waals surface area contributed by atoms with Gasteiger partial charge in [0, 0.05) is 26.1 Å². The molecule has 6 heteroatoms. The summed E-state index contributed by atoms with van der Waals surface area (Å²) in [5.74, 6) is 0.592. The molecule has 1 aromatic rings. The lowest BCUT2D eigenvalue weighted by molar-refractivity contribution is -0.137. The Labute approximate surface area is 162 Å². The molecule has 148 valence electrons. The zero-order valence-corrected chi connectivity index (χ0v) is 16.8. The van der Waals surface area contributed by atoms with Gasteiger partial charge in [0.15, 0.2) is 9.84 Å². The summed E-state index contributed by atoms with van der Waals surface area (Å²) < 4.78 is 24.9. The van der Waals surface area contributed by atoms with Crippen LogP contribution in [0.2, 0.25) is 0 Å². The van der Waals surface area contributed by atoms with Gasteiger partial charge in [0.05, 0.1) is 5.75 Å². The van der Waals surface area contributed by atoms with Crippen LogP contribution in [-0.2, 0) is 21.1 Å². The van der Waals surface area contributed by atoms with Crippen LogP contribution in [0, 0.1) is 5.92 Å². The second-order valence-corrected chi connectivity index (χ2v) is 10.9. The van der Waals surface area contributed by atoms with Crippen LogP contribution in [0.5, 0.6) is 0 Å². The van der Waals surface area contributed by atoms with Crippen molar-refractivity contribution in [2.24, 2.45) is 5.92 Å². The van der Waals surface area contributed by atoms with E-state index in [1.807, 2.05) is 18.2 Å². The number of benzene rings is 1. The van der Waals surface area contributed by atoms with Crippen molar-refractivity contribution in [3.63, 3.8) is 0 Å². The van der Waals surface area contributed by atoms with Gasteiger partial charge in [-0.25, -0.2) is 8.42 Å². The number of rotatable bonds is 6. The summed E-state index contributed by atoms with van der Waals surface area (Å²) in [5, 5.41) is 0. The highest BCUT2D eigenvalue weighted by atomic mass is 32.2. The largest absolute Gasteiger partial charge is 0.339 e. The number of sulfone groups is 1. The molecule has 1 unspecified atom stereocenters. The molecule has 3 saturated heterocycles. The van der Waals surface area contributed by atoms with E-state index in [0.29, 0.717) is 25.3 Å². The van der Waals surface area contributed by atoms with Crippen molar-refractivity contribution in [3.05, 3.63) is 35.9 Å². The molecule has 0 saturated carbocycles. The molecule has 27 heavy (non-hydrogen) atoms. The summed E-state index contributed by atoms with van der Waals surface area (Å²) in [6.07, 6.45) is 5.41. The number of aryl methyl sites for hydroxylation is 1. The Bertz CT molecular complexity index is 766. The second kappa shape index (κ2) is 7.55. The molecule has 1 aromatic carbocycles. The molecule has 5 nitrogen and oxygen atoms in total. The van der Waals surface area contributed by atoms with E-state index in [4.69, 9.17) is 0 Å². The van der Waals surface area contributed by atoms with Crippen LogP contribution in [0.4, 0.5) is 0 Å². The Balaban J connectivity index is 1.31. The molecule has 1 amide bonds. The predicted octanol–water partition coefficient (Wildman–Crippen LogP) is 2.12. The molecule has 0 bridgehead atoms. The normalized spacial score (nSPS) is 26.4. The minimum atomic E-state index is -3.09. The maximum absolute atomic E-state index is 12.8. The van der Waals surface area contributed by atoms with E-state index in [-0.39, 0.29) is 11.8 Å². The fourth-order valence-corrected chi connectivity index (χ4v) is 7.44. The van der Waals surface area contributed by atoms with Gasteiger partial charge in [0.2, 0.25) is 5.91 Å². The molecule has 3 aliphatic heterocycles. The van der Waals surface area contributed by atoms with Gasteiger partial charge in [0.25, 0.3) is 0 Å². The second-order valence-electron chi connectivity index (χ2n) is 8.47. The van der Waals surface area contributed by atoms with Crippen molar-refractivity contribution in [2.75, 3.05) is 38.5 Å². The molecule has 1 atom stereocenters. The lowest BCUT2D eigenvalue weighted by Crippen LogP contribution is -2.69. The SMILES string of the molecule is O=C(CCCc1ccccc1)N1CC2(C1)C(CN1CCCC1)CCS2(=O)=O. The zero-order valence-electron chi connectivity index (χ0n) is 16.0. The van der Waals surface area contributed by atoms with Gasteiger partial charge in [0.1, 0.15) is 4.75 Å². The van der Waals surface area contributed by atoms with Crippen LogP contribution in [0.1, 0.15) is 37.7 Å². The average Bonchev–Trinajstić information content (AvgIpc) is 3.21. The molecule has 0 aromatic heterocycles. The summed E-state index contributed by atoms with van der Waals surface area (Å²) in [6, 6.07) is 10.2. The van der Waals surface area contributed by atoms with Gasteiger partial charge >= 0.3 is 0 Å². The Kier molecular flexibility index (Phi) is 5.30. The Morgan fingerprint density at radius 2 is 1.81 bits per heavy atom. The monoisotopic (exact) mass is 390 g/mol. The Morgan fingerprint density at radius 3 is 2.52 bits per heavy atom. The van der Waals surface area contributed by atoms with Gasteiger partial charge < -0.3 is 9.80 Å². The van der Waals surface area contributed by atoms with E-state index in [1.165, 1.54) is 18.4 Å². The van der Waals surface area contributed by atoms with Crippen LogP contribution >= 0.6 is 0 Å². The van der Waals surface area contributed by atoms with Crippen LogP contribution in [0.15, 0.2) is 30.3 Å². The quantitative estimate of drug-likeness (QED) is 0.747. The minimum absolute atomic E-state index is 0.110. The summed E-state index contributed by atoms with van der Waals surface area (Å²) in [7, 11) is -3.09. The van der Waals surface area contributed by atoms with Gasteiger partial charge in [-0.05, 0) is 56.7 Å². The summed E-state index contributed by atoms with van der Waals surface area (Å²) in [5.41, 5.74) is 1.24. The van der Waals surface area contributed by atoms with Crippen LogP contribution in [0.25, 0.3) is 0 Å². The summed E-state index contributed by atoms with van der Waals surface area (Å²) in [4.78, 5) is 16.7. The number of amides is 1. The van der Waals surface area contributed by atoms with Crippen molar-refractivity contribution in [2.45, 2.75) is 43.3 Å². The van der Waals surface area contributed by atoms with Crippen molar-refractivity contribution in [3.8, 4) is 0 Å². The van der Waals surface area contributed by atoms with Gasteiger partial charge in [-0.2, -0.15) is 0 Å². The van der Waals surface area contributed by atoms with Crippen molar-refractivity contribution in [1.82, 2.24) is 9.80 Å². The fourth-order valence-electron chi connectivity index (χ4n) is 5.03. The van der Waals surface area contributed by atoms with Crippen LogP contribution < -0.4 is 0 Å². The third-order valence-corrected chi connectivity index (χ3v) is 9.35. The smallest absolute Gasteiger partial charge is 0.222 e. The number of carbonyl (C=O) groups excluding carboxylic acids is 1. The lowest BCUT2D eigenvalue weighted by Gasteiger charge is -2.50. The number of hydrogen-bond donors (Lipinski definition) is 0. The fraction of sp³-hybridized carbons (Fsp3) is 0.667. The van der Waals surface area contributed by atoms with E-state index in [1.54, 1.807) is 4.90 Å². The number of carbonyl (C=O) groups is 1. The molecule has 0 N–H and O–H groups in total. The maximum Gasteiger partial charge on any atom is 0.222 e. The van der Waals surface area contributed by atoms with Crippen LogP contribution in [-0.4, -0.2) is 67.3 Å². The number of likely N-dealkylation sites (tertiary alicyclic amines) is 2. The van der Waals surface area contributed by atoms with Crippen molar-refractivity contribution >= 4 is 15.7 Å². The molecular weight excluding hydrogens is 360 g/mol. The molecule has 1 spiro atoms. The molecule has 0 radical (unpaired) electrons. The van der Waals surface area contributed by atoms with E-state index in [2.05, 4.69) is 17.0 Å². The summed E-state index contributed by atoms with van der Waals surface area (Å²) >= 11 is 0. The Hall–Kier alpha value is -1.40. The van der Waals surface area contributed by atoms with Crippen LogP contribution in [0.3, 0.4) is 0 Å². The maximum atomic E-state index is 12.8. The first kappa shape index (κ1) is 18.9. The third-order valence-electron chi connectivity index (χ3n) is 6.74. The molecule has 3 fully saturated rings. The zero-order chi connectivity index (χ0) is 18.9. The molecule has 3 heterocycles. The summed E-state index contributed by atoms with van der Waals surface area (Å²) in [6.45, 7) is 3.90. The van der Waals surface area contributed by atoms with E-state index >= 15 is 0 Å².